The van der Waals surface area contributed by atoms with E-state index < -0.39 is 0 Å². The maximum Gasteiger partial charge on any atom is 0.252 e. The molecule has 0 aliphatic heterocycles. The lowest BCUT2D eigenvalue weighted by Crippen LogP contribution is -2.29. The minimum atomic E-state index is -0.218. The Hall–Kier alpha value is -3.01. The SMILES string of the molecule is O=C(NC(c1ccccc1)c1ccncc1)c1ccncc1. The first-order chi connectivity index (χ1) is 10.8. The Morgan fingerprint density at radius 1 is 0.773 bits per heavy atom. The van der Waals surface area contributed by atoms with E-state index in [1.54, 1.807) is 36.9 Å². The van der Waals surface area contributed by atoms with E-state index in [1.165, 1.54) is 0 Å². The van der Waals surface area contributed by atoms with Crippen molar-refractivity contribution in [1.82, 2.24) is 15.3 Å². The van der Waals surface area contributed by atoms with Gasteiger partial charge < -0.3 is 5.32 Å². The van der Waals surface area contributed by atoms with E-state index in [0.717, 1.165) is 11.1 Å². The van der Waals surface area contributed by atoms with Gasteiger partial charge in [0.05, 0.1) is 6.04 Å². The summed E-state index contributed by atoms with van der Waals surface area (Å²) in [6.45, 7) is 0. The molecule has 0 bridgehead atoms. The monoisotopic (exact) mass is 289 g/mol. The molecule has 0 aliphatic carbocycles. The molecule has 3 aromatic rings. The van der Waals surface area contributed by atoms with Crippen molar-refractivity contribution in [1.29, 1.82) is 0 Å². The van der Waals surface area contributed by atoms with Crippen LogP contribution in [0.15, 0.2) is 79.4 Å². The summed E-state index contributed by atoms with van der Waals surface area (Å²) in [6.07, 6.45) is 6.67. The van der Waals surface area contributed by atoms with E-state index in [-0.39, 0.29) is 11.9 Å². The lowest BCUT2D eigenvalue weighted by atomic mass is 9.99. The number of hydrogen-bond acceptors (Lipinski definition) is 3. The number of nitrogens with one attached hydrogen (secondary N) is 1. The molecule has 1 aromatic carbocycles. The quantitative estimate of drug-likeness (QED) is 0.803. The Kier molecular flexibility index (Phi) is 4.20. The molecule has 2 heterocycles. The second-order valence-electron chi connectivity index (χ2n) is 4.83. The second-order valence-corrected chi connectivity index (χ2v) is 4.83. The Bertz CT molecular complexity index is 691. The third-order valence-corrected chi connectivity index (χ3v) is 3.39. The van der Waals surface area contributed by atoms with Crippen LogP contribution < -0.4 is 5.32 Å². The van der Waals surface area contributed by atoms with Crippen molar-refractivity contribution in [3.05, 3.63) is 96.1 Å². The van der Waals surface area contributed by atoms with Crippen LogP contribution in [-0.4, -0.2) is 15.9 Å². The molecule has 1 N–H and O–H groups in total. The maximum absolute atomic E-state index is 12.4. The van der Waals surface area contributed by atoms with Crippen LogP contribution in [0, 0.1) is 0 Å². The highest BCUT2D eigenvalue weighted by Crippen LogP contribution is 2.21. The molecule has 3 rings (SSSR count). The summed E-state index contributed by atoms with van der Waals surface area (Å²) in [7, 11) is 0. The fraction of sp³-hybridized carbons (Fsp3) is 0.0556. The Morgan fingerprint density at radius 2 is 1.32 bits per heavy atom. The molecule has 1 amide bonds. The molecule has 108 valence electrons. The molecule has 1 unspecified atom stereocenters. The lowest BCUT2D eigenvalue weighted by Gasteiger charge is -2.19. The highest BCUT2D eigenvalue weighted by Gasteiger charge is 2.17. The fourth-order valence-corrected chi connectivity index (χ4v) is 2.28. The first-order valence-electron chi connectivity index (χ1n) is 7.00. The molecule has 4 nitrogen and oxygen atoms in total. The van der Waals surface area contributed by atoms with Crippen LogP contribution >= 0.6 is 0 Å². The van der Waals surface area contributed by atoms with Crippen molar-refractivity contribution in [3.8, 4) is 0 Å². The van der Waals surface area contributed by atoms with Gasteiger partial charge in [0.25, 0.3) is 5.91 Å². The number of amides is 1. The van der Waals surface area contributed by atoms with Crippen molar-refractivity contribution in [2.45, 2.75) is 6.04 Å². The van der Waals surface area contributed by atoms with Gasteiger partial charge in [-0.3, -0.25) is 14.8 Å². The summed E-state index contributed by atoms with van der Waals surface area (Å²) < 4.78 is 0. The van der Waals surface area contributed by atoms with Crippen LogP contribution in [0.3, 0.4) is 0 Å². The molecule has 4 heteroatoms. The molecule has 0 saturated heterocycles. The molecule has 0 spiro atoms. The van der Waals surface area contributed by atoms with Crippen molar-refractivity contribution >= 4 is 5.91 Å². The van der Waals surface area contributed by atoms with Gasteiger partial charge in [0.15, 0.2) is 0 Å². The van der Waals surface area contributed by atoms with Gasteiger partial charge in [-0.05, 0) is 35.4 Å². The summed E-state index contributed by atoms with van der Waals surface area (Å²) in [5, 5.41) is 3.07. The maximum atomic E-state index is 12.4. The van der Waals surface area contributed by atoms with Crippen LogP contribution in [0.5, 0.6) is 0 Å². The Balaban J connectivity index is 1.91. The lowest BCUT2D eigenvalue weighted by molar-refractivity contribution is 0.0943. The van der Waals surface area contributed by atoms with Gasteiger partial charge in [0.1, 0.15) is 0 Å². The predicted molar refractivity (Wildman–Crippen MR) is 84.2 cm³/mol. The van der Waals surface area contributed by atoms with Crippen molar-refractivity contribution in [3.63, 3.8) is 0 Å². The molecule has 0 fully saturated rings. The Morgan fingerprint density at radius 3 is 1.95 bits per heavy atom. The number of benzene rings is 1. The highest BCUT2D eigenvalue weighted by atomic mass is 16.1. The molecule has 0 aliphatic rings. The van der Waals surface area contributed by atoms with Crippen molar-refractivity contribution in [2.24, 2.45) is 0 Å². The largest absolute Gasteiger partial charge is 0.341 e. The normalized spacial score (nSPS) is 11.6. The van der Waals surface area contributed by atoms with Crippen LogP contribution in [0.2, 0.25) is 0 Å². The van der Waals surface area contributed by atoms with Gasteiger partial charge in [-0.15, -0.1) is 0 Å². The van der Waals surface area contributed by atoms with E-state index in [4.69, 9.17) is 0 Å². The number of aromatic nitrogens is 2. The first-order valence-corrected chi connectivity index (χ1v) is 7.00. The van der Waals surface area contributed by atoms with Crippen LogP contribution in [0.1, 0.15) is 27.5 Å². The molecule has 0 saturated carbocycles. The van der Waals surface area contributed by atoms with Gasteiger partial charge in [-0.1, -0.05) is 30.3 Å². The summed E-state index contributed by atoms with van der Waals surface area (Å²) in [5.41, 5.74) is 2.60. The number of rotatable bonds is 4. The number of carbonyl (C=O) groups is 1. The van der Waals surface area contributed by atoms with Crippen LogP contribution in [0.25, 0.3) is 0 Å². The summed E-state index contributed by atoms with van der Waals surface area (Å²) >= 11 is 0. The van der Waals surface area contributed by atoms with E-state index >= 15 is 0 Å². The van der Waals surface area contributed by atoms with E-state index in [0.29, 0.717) is 5.56 Å². The smallest absolute Gasteiger partial charge is 0.252 e. The topological polar surface area (TPSA) is 54.9 Å². The van der Waals surface area contributed by atoms with Gasteiger partial charge in [-0.25, -0.2) is 0 Å². The number of carbonyl (C=O) groups excluding carboxylic acids is 1. The third-order valence-electron chi connectivity index (χ3n) is 3.39. The van der Waals surface area contributed by atoms with Gasteiger partial charge in [0, 0.05) is 30.4 Å². The minimum absolute atomic E-state index is 0.131. The second kappa shape index (κ2) is 6.63. The molecular formula is C18H15N3O. The Labute approximate surface area is 128 Å². The minimum Gasteiger partial charge on any atom is -0.341 e. The van der Waals surface area contributed by atoms with Crippen LogP contribution in [-0.2, 0) is 0 Å². The number of pyridine rings is 2. The molecule has 22 heavy (non-hydrogen) atoms. The standard InChI is InChI=1S/C18H15N3O/c22-18(16-8-12-20-13-9-16)21-17(14-4-2-1-3-5-14)15-6-10-19-11-7-15/h1-13,17H,(H,21,22). The van der Waals surface area contributed by atoms with Gasteiger partial charge in [-0.2, -0.15) is 0 Å². The number of nitrogens with zero attached hydrogens (tertiary/aromatic N) is 2. The third kappa shape index (κ3) is 3.17. The van der Waals surface area contributed by atoms with E-state index in [2.05, 4.69) is 15.3 Å². The van der Waals surface area contributed by atoms with E-state index in [1.807, 2.05) is 42.5 Å². The van der Waals surface area contributed by atoms with Gasteiger partial charge in [0.2, 0.25) is 0 Å². The zero-order chi connectivity index (χ0) is 15.2. The fourth-order valence-electron chi connectivity index (χ4n) is 2.28. The average molecular weight is 289 g/mol. The average Bonchev–Trinajstić information content (AvgIpc) is 2.62. The van der Waals surface area contributed by atoms with Crippen molar-refractivity contribution in [2.75, 3.05) is 0 Å². The zero-order valence-corrected chi connectivity index (χ0v) is 11.9. The summed E-state index contributed by atoms with van der Waals surface area (Å²) in [6, 6.07) is 16.9. The zero-order valence-electron chi connectivity index (χ0n) is 11.9. The molecule has 0 radical (unpaired) electrons. The summed E-state index contributed by atoms with van der Waals surface area (Å²) in [4.78, 5) is 20.4. The molecule has 2 aromatic heterocycles. The van der Waals surface area contributed by atoms with Crippen molar-refractivity contribution < 1.29 is 4.79 Å². The number of hydrogen-bond donors (Lipinski definition) is 1. The van der Waals surface area contributed by atoms with Gasteiger partial charge >= 0.3 is 0 Å². The first kappa shape index (κ1) is 13.9. The highest BCUT2D eigenvalue weighted by molar-refractivity contribution is 5.94. The molecule has 1 atom stereocenters. The predicted octanol–water partition coefficient (Wildman–Crippen LogP) is 3.00. The van der Waals surface area contributed by atoms with E-state index in [9.17, 15) is 4.79 Å². The molecular weight excluding hydrogens is 274 g/mol. The van der Waals surface area contributed by atoms with Crippen LogP contribution in [0.4, 0.5) is 0 Å². The summed E-state index contributed by atoms with van der Waals surface area (Å²) in [5.74, 6) is -0.131.